The zero-order valence-corrected chi connectivity index (χ0v) is 11.6. The first-order chi connectivity index (χ1) is 9.22. The maximum atomic E-state index is 6.03. The third kappa shape index (κ3) is 2.85. The van der Waals surface area contributed by atoms with Gasteiger partial charge in [-0.25, -0.2) is 0 Å². The molecule has 3 rings (SSSR count). The van der Waals surface area contributed by atoms with Gasteiger partial charge in [-0.1, -0.05) is 12.1 Å². The number of hydrogen-bond donors (Lipinski definition) is 1. The average Bonchev–Trinajstić information content (AvgIpc) is 2.43. The molecule has 2 heterocycles. The van der Waals surface area contributed by atoms with Crippen LogP contribution < -0.4 is 14.8 Å². The number of ether oxygens (including phenoxy) is 2. The fourth-order valence-corrected chi connectivity index (χ4v) is 2.77. The minimum atomic E-state index is 0.127. The van der Waals surface area contributed by atoms with Crippen LogP contribution in [0.4, 0.5) is 0 Å². The highest BCUT2D eigenvalue weighted by Crippen LogP contribution is 2.31. The summed E-state index contributed by atoms with van der Waals surface area (Å²) < 4.78 is 11.8. The van der Waals surface area contributed by atoms with Crippen molar-refractivity contribution in [1.29, 1.82) is 0 Å². The average molecular weight is 262 g/mol. The minimum absolute atomic E-state index is 0.127. The second kappa shape index (κ2) is 5.39. The summed E-state index contributed by atoms with van der Waals surface area (Å²) in [6.45, 7) is 8.18. The highest BCUT2D eigenvalue weighted by atomic mass is 16.6. The van der Waals surface area contributed by atoms with E-state index in [9.17, 15) is 0 Å². The summed E-state index contributed by atoms with van der Waals surface area (Å²) in [6, 6.07) is 9.00. The fraction of sp³-hybridized carbons (Fsp3) is 0.600. The van der Waals surface area contributed by atoms with E-state index in [0.717, 1.165) is 31.1 Å². The van der Waals surface area contributed by atoms with Crippen molar-refractivity contribution < 1.29 is 9.47 Å². The van der Waals surface area contributed by atoms with E-state index in [4.69, 9.17) is 9.47 Å². The molecule has 1 fully saturated rings. The third-order valence-corrected chi connectivity index (χ3v) is 3.90. The SMILES string of the molecule is C[C@@H]1CN(C[C@@H]2COc3ccccc3O2)[C@@H](C)CN1. The van der Waals surface area contributed by atoms with Gasteiger partial charge in [-0.3, -0.25) is 4.90 Å². The summed E-state index contributed by atoms with van der Waals surface area (Å²) in [5.41, 5.74) is 0. The molecule has 2 aliphatic rings. The molecule has 0 radical (unpaired) electrons. The van der Waals surface area contributed by atoms with Crippen molar-refractivity contribution in [2.24, 2.45) is 0 Å². The summed E-state index contributed by atoms with van der Waals surface area (Å²) in [5, 5.41) is 3.50. The molecular formula is C15H22N2O2. The predicted octanol–water partition coefficient (Wildman–Crippen LogP) is 1.51. The minimum Gasteiger partial charge on any atom is -0.486 e. The molecule has 0 saturated carbocycles. The summed E-state index contributed by atoms with van der Waals surface area (Å²) in [7, 11) is 0. The van der Waals surface area contributed by atoms with Crippen LogP contribution in [0.15, 0.2) is 24.3 Å². The Kier molecular flexibility index (Phi) is 3.62. The monoisotopic (exact) mass is 262 g/mol. The maximum absolute atomic E-state index is 6.03. The van der Waals surface area contributed by atoms with E-state index in [2.05, 4.69) is 24.1 Å². The molecule has 104 valence electrons. The molecule has 2 aliphatic heterocycles. The van der Waals surface area contributed by atoms with Crippen LogP contribution in [-0.4, -0.2) is 49.3 Å². The molecule has 4 nitrogen and oxygen atoms in total. The van der Waals surface area contributed by atoms with Crippen LogP contribution in [0, 0.1) is 0 Å². The molecule has 1 N–H and O–H groups in total. The molecule has 0 amide bonds. The molecule has 4 heteroatoms. The smallest absolute Gasteiger partial charge is 0.161 e. The number of benzene rings is 1. The van der Waals surface area contributed by atoms with E-state index < -0.39 is 0 Å². The summed E-state index contributed by atoms with van der Waals surface area (Å²) in [5.74, 6) is 1.73. The van der Waals surface area contributed by atoms with Crippen molar-refractivity contribution in [2.45, 2.75) is 32.0 Å². The predicted molar refractivity (Wildman–Crippen MR) is 74.9 cm³/mol. The molecule has 1 saturated heterocycles. The van der Waals surface area contributed by atoms with Crippen molar-refractivity contribution in [3.05, 3.63) is 24.3 Å². The number of nitrogens with zero attached hydrogens (tertiary/aromatic N) is 1. The van der Waals surface area contributed by atoms with Gasteiger partial charge in [0.05, 0.1) is 0 Å². The van der Waals surface area contributed by atoms with Crippen LogP contribution in [0.1, 0.15) is 13.8 Å². The lowest BCUT2D eigenvalue weighted by molar-refractivity contribution is 0.0352. The highest BCUT2D eigenvalue weighted by molar-refractivity contribution is 5.40. The van der Waals surface area contributed by atoms with E-state index in [1.54, 1.807) is 0 Å². The molecular weight excluding hydrogens is 240 g/mol. The summed E-state index contributed by atoms with van der Waals surface area (Å²) in [4.78, 5) is 2.49. The van der Waals surface area contributed by atoms with Crippen molar-refractivity contribution in [3.63, 3.8) is 0 Å². The molecule has 0 unspecified atom stereocenters. The number of piperazine rings is 1. The number of fused-ring (bicyclic) bond motifs is 1. The third-order valence-electron chi connectivity index (χ3n) is 3.90. The highest BCUT2D eigenvalue weighted by Gasteiger charge is 2.28. The molecule has 3 atom stereocenters. The molecule has 1 aromatic rings. The Labute approximate surface area is 114 Å². The van der Waals surface area contributed by atoms with Crippen LogP contribution in [0.3, 0.4) is 0 Å². The Morgan fingerprint density at radius 3 is 2.89 bits per heavy atom. The van der Waals surface area contributed by atoms with Gasteiger partial charge in [-0.15, -0.1) is 0 Å². The molecule has 1 aromatic carbocycles. The van der Waals surface area contributed by atoms with Gasteiger partial charge in [-0.2, -0.15) is 0 Å². The molecule has 0 aliphatic carbocycles. The van der Waals surface area contributed by atoms with Gasteiger partial charge in [0.15, 0.2) is 11.5 Å². The van der Waals surface area contributed by atoms with Gasteiger partial charge in [0.2, 0.25) is 0 Å². The summed E-state index contributed by atoms with van der Waals surface area (Å²) >= 11 is 0. The van der Waals surface area contributed by atoms with Crippen LogP contribution >= 0.6 is 0 Å². The number of nitrogens with one attached hydrogen (secondary N) is 1. The zero-order valence-electron chi connectivity index (χ0n) is 11.6. The zero-order chi connectivity index (χ0) is 13.2. The molecule has 19 heavy (non-hydrogen) atoms. The first-order valence-corrected chi connectivity index (χ1v) is 7.08. The number of hydrogen-bond acceptors (Lipinski definition) is 4. The van der Waals surface area contributed by atoms with E-state index in [-0.39, 0.29) is 6.10 Å². The largest absolute Gasteiger partial charge is 0.486 e. The topological polar surface area (TPSA) is 33.7 Å². The first-order valence-electron chi connectivity index (χ1n) is 7.08. The van der Waals surface area contributed by atoms with Crippen molar-refractivity contribution >= 4 is 0 Å². The Morgan fingerprint density at radius 2 is 2.05 bits per heavy atom. The van der Waals surface area contributed by atoms with Gasteiger partial charge in [0.1, 0.15) is 12.7 Å². The Balaban J connectivity index is 1.62. The number of para-hydroxylation sites is 2. The Bertz CT molecular complexity index is 438. The molecule has 0 bridgehead atoms. The van der Waals surface area contributed by atoms with Gasteiger partial charge in [0.25, 0.3) is 0 Å². The lowest BCUT2D eigenvalue weighted by Gasteiger charge is -2.40. The molecule has 0 aromatic heterocycles. The quantitative estimate of drug-likeness (QED) is 0.876. The fourth-order valence-electron chi connectivity index (χ4n) is 2.77. The van der Waals surface area contributed by atoms with E-state index in [1.165, 1.54) is 0 Å². The Hall–Kier alpha value is -1.26. The second-order valence-electron chi connectivity index (χ2n) is 5.61. The molecule has 0 spiro atoms. The van der Waals surface area contributed by atoms with Crippen molar-refractivity contribution in [1.82, 2.24) is 10.2 Å². The number of rotatable bonds is 2. The lowest BCUT2D eigenvalue weighted by Crippen LogP contribution is -2.57. The van der Waals surface area contributed by atoms with Crippen LogP contribution in [0.2, 0.25) is 0 Å². The van der Waals surface area contributed by atoms with Crippen molar-refractivity contribution in [3.8, 4) is 11.5 Å². The normalized spacial score (nSPS) is 31.2. The first kappa shape index (κ1) is 12.8. The Morgan fingerprint density at radius 1 is 1.26 bits per heavy atom. The van der Waals surface area contributed by atoms with Crippen LogP contribution in [0.25, 0.3) is 0 Å². The van der Waals surface area contributed by atoms with Crippen molar-refractivity contribution in [2.75, 3.05) is 26.2 Å². The summed E-state index contributed by atoms with van der Waals surface area (Å²) in [6.07, 6.45) is 0.127. The van der Waals surface area contributed by atoms with E-state index in [1.807, 2.05) is 24.3 Å². The second-order valence-corrected chi connectivity index (χ2v) is 5.61. The standard InChI is InChI=1S/C15H22N2O2/c1-11-8-17(12(2)7-16-11)9-13-10-18-14-5-3-4-6-15(14)19-13/h3-6,11-13,16H,7-10H2,1-2H3/t11-,12+,13-/m1/s1. The van der Waals surface area contributed by atoms with E-state index in [0.29, 0.717) is 18.7 Å². The van der Waals surface area contributed by atoms with Gasteiger partial charge in [-0.05, 0) is 26.0 Å². The van der Waals surface area contributed by atoms with E-state index >= 15 is 0 Å². The van der Waals surface area contributed by atoms with Gasteiger partial charge >= 0.3 is 0 Å². The van der Waals surface area contributed by atoms with Gasteiger partial charge in [0, 0.05) is 31.7 Å². The maximum Gasteiger partial charge on any atom is 0.161 e. The van der Waals surface area contributed by atoms with Crippen LogP contribution in [0.5, 0.6) is 11.5 Å². The van der Waals surface area contributed by atoms with Gasteiger partial charge < -0.3 is 14.8 Å². The van der Waals surface area contributed by atoms with Crippen LogP contribution in [-0.2, 0) is 0 Å². The lowest BCUT2D eigenvalue weighted by atomic mass is 10.1.